The van der Waals surface area contributed by atoms with Gasteiger partial charge in [0, 0.05) is 24.3 Å². The molecule has 0 aromatic carbocycles. The van der Waals surface area contributed by atoms with E-state index in [2.05, 4.69) is 22.5 Å². The highest BCUT2D eigenvalue weighted by molar-refractivity contribution is 5.82. The summed E-state index contributed by atoms with van der Waals surface area (Å²) in [6, 6.07) is 2.23. The van der Waals surface area contributed by atoms with E-state index in [1.54, 1.807) is 6.20 Å². The number of pyridine rings is 1. The molecular formula is C17H27N3O2. The first-order valence-electron chi connectivity index (χ1n) is 7.87. The predicted octanol–water partition coefficient (Wildman–Crippen LogP) is 1.83. The van der Waals surface area contributed by atoms with Crippen LogP contribution in [-0.4, -0.2) is 36.6 Å². The third-order valence-electron chi connectivity index (χ3n) is 4.19. The number of nitrogens with one attached hydrogen (secondary N) is 2. The molecule has 1 aromatic heterocycles. The molecule has 2 N–H and O–H groups in total. The van der Waals surface area contributed by atoms with Crippen molar-refractivity contribution in [2.75, 3.05) is 19.7 Å². The van der Waals surface area contributed by atoms with Crippen molar-refractivity contribution in [1.29, 1.82) is 0 Å². The summed E-state index contributed by atoms with van der Waals surface area (Å²) in [6.45, 7) is 12.0. The fourth-order valence-corrected chi connectivity index (χ4v) is 2.54. The average Bonchev–Trinajstić information content (AvgIpc) is 2.83. The molecule has 2 atom stereocenters. The van der Waals surface area contributed by atoms with E-state index < -0.39 is 5.41 Å². The average molecular weight is 305 g/mol. The van der Waals surface area contributed by atoms with Gasteiger partial charge in [0.15, 0.2) is 0 Å². The molecule has 122 valence electrons. The summed E-state index contributed by atoms with van der Waals surface area (Å²) >= 11 is 0. The summed E-state index contributed by atoms with van der Waals surface area (Å²) in [7, 11) is 0. The number of ether oxygens (including phenoxy) is 1. The lowest BCUT2D eigenvalue weighted by atomic mass is 9.92. The molecule has 22 heavy (non-hydrogen) atoms. The smallest absolute Gasteiger partial charge is 0.229 e. The summed E-state index contributed by atoms with van der Waals surface area (Å²) in [5, 5.41) is 6.42. The van der Waals surface area contributed by atoms with Gasteiger partial charge in [-0.3, -0.25) is 4.79 Å². The Morgan fingerprint density at radius 2 is 2.18 bits per heavy atom. The molecule has 1 saturated heterocycles. The van der Waals surface area contributed by atoms with Gasteiger partial charge in [-0.1, -0.05) is 6.92 Å². The van der Waals surface area contributed by atoms with Gasteiger partial charge in [0.05, 0.1) is 5.41 Å². The third-order valence-corrected chi connectivity index (χ3v) is 4.19. The van der Waals surface area contributed by atoms with E-state index in [0.717, 1.165) is 24.2 Å². The van der Waals surface area contributed by atoms with Crippen molar-refractivity contribution in [3.63, 3.8) is 0 Å². The molecule has 2 unspecified atom stereocenters. The molecule has 1 fully saturated rings. The number of hydrogen-bond acceptors (Lipinski definition) is 4. The zero-order valence-corrected chi connectivity index (χ0v) is 14.2. The molecule has 1 aliphatic rings. The van der Waals surface area contributed by atoms with E-state index in [1.165, 1.54) is 0 Å². The Bertz CT molecular complexity index is 543. The number of rotatable bonds is 5. The van der Waals surface area contributed by atoms with Crippen molar-refractivity contribution in [3.05, 3.63) is 23.4 Å². The van der Waals surface area contributed by atoms with Crippen molar-refractivity contribution in [2.45, 2.75) is 40.7 Å². The van der Waals surface area contributed by atoms with Gasteiger partial charge < -0.3 is 15.4 Å². The molecule has 0 aliphatic carbocycles. The van der Waals surface area contributed by atoms with Crippen molar-refractivity contribution in [3.8, 4) is 5.88 Å². The van der Waals surface area contributed by atoms with Gasteiger partial charge in [-0.2, -0.15) is 0 Å². The first kappa shape index (κ1) is 16.7. The van der Waals surface area contributed by atoms with Crippen LogP contribution in [-0.2, 0) is 4.79 Å². The Labute approximate surface area is 132 Å². The van der Waals surface area contributed by atoms with Crippen LogP contribution in [0.3, 0.4) is 0 Å². The van der Waals surface area contributed by atoms with Gasteiger partial charge in [0.2, 0.25) is 11.8 Å². The molecule has 2 heterocycles. The number of hydrogen-bond donors (Lipinski definition) is 2. The fourth-order valence-electron chi connectivity index (χ4n) is 2.54. The molecule has 5 nitrogen and oxygen atoms in total. The minimum absolute atomic E-state index is 0.0258. The first-order chi connectivity index (χ1) is 10.3. The number of carbonyl (C=O) groups excluding carboxylic acids is 1. The maximum absolute atomic E-state index is 12.5. The van der Waals surface area contributed by atoms with E-state index in [4.69, 9.17) is 4.74 Å². The van der Waals surface area contributed by atoms with Crippen LogP contribution >= 0.6 is 0 Å². The highest BCUT2D eigenvalue weighted by Crippen LogP contribution is 2.21. The second-order valence-corrected chi connectivity index (χ2v) is 7.02. The Balaban J connectivity index is 1.93. The maximum Gasteiger partial charge on any atom is 0.229 e. The van der Waals surface area contributed by atoms with Crippen molar-refractivity contribution >= 4 is 5.91 Å². The maximum atomic E-state index is 12.5. The Hall–Kier alpha value is -1.62. The zero-order chi connectivity index (χ0) is 16.3. The van der Waals surface area contributed by atoms with Crippen LogP contribution < -0.4 is 15.4 Å². The molecule has 1 aromatic rings. The predicted molar refractivity (Wildman–Crippen MR) is 87.0 cm³/mol. The van der Waals surface area contributed by atoms with Gasteiger partial charge in [-0.05, 0) is 51.8 Å². The van der Waals surface area contributed by atoms with Gasteiger partial charge in [-0.15, -0.1) is 0 Å². The normalized spacial score (nSPS) is 21.7. The minimum Gasteiger partial charge on any atom is -0.476 e. The minimum atomic E-state index is -0.596. The zero-order valence-electron chi connectivity index (χ0n) is 14.2. The molecule has 0 bridgehead atoms. The number of aryl methyl sites for hydroxylation is 2. The van der Waals surface area contributed by atoms with E-state index >= 15 is 0 Å². The van der Waals surface area contributed by atoms with Gasteiger partial charge in [-0.25, -0.2) is 4.98 Å². The molecule has 0 saturated carbocycles. The van der Waals surface area contributed by atoms with Gasteiger partial charge in [0.25, 0.3) is 0 Å². The van der Waals surface area contributed by atoms with Crippen LogP contribution in [0.2, 0.25) is 0 Å². The van der Waals surface area contributed by atoms with Crippen LogP contribution in [0.1, 0.15) is 31.9 Å². The van der Waals surface area contributed by atoms with Crippen LogP contribution in [0.5, 0.6) is 5.88 Å². The lowest BCUT2D eigenvalue weighted by molar-refractivity contribution is -0.131. The quantitative estimate of drug-likeness (QED) is 0.871. The molecule has 1 amide bonds. The van der Waals surface area contributed by atoms with Crippen molar-refractivity contribution in [2.24, 2.45) is 11.3 Å². The summed E-state index contributed by atoms with van der Waals surface area (Å²) in [4.78, 5) is 16.8. The standard InChI is InChI=1S/C17H27N3O2/c1-11-6-12(2)15(19-7-11)22-10-17(4,5)16(21)20-14-9-18-8-13(14)3/h6-7,13-14,18H,8-10H2,1-5H3,(H,20,21). The van der Waals surface area contributed by atoms with Crippen LogP contribution in [0.15, 0.2) is 12.3 Å². The second kappa shape index (κ2) is 6.65. The lowest BCUT2D eigenvalue weighted by Crippen LogP contribution is -2.48. The van der Waals surface area contributed by atoms with Crippen LogP contribution in [0, 0.1) is 25.2 Å². The second-order valence-electron chi connectivity index (χ2n) is 7.02. The molecule has 0 radical (unpaired) electrons. The van der Waals surface area contributed by atoms with Crippen LogP contribution in [0.4, 0.5) is 0 Å². The highest BCUT2D eigenvalue weighted by Gasteiger charge is 2.33. The van der Waals surface area contributed by atoms with E-state index in [9.17, 15) is 4.79 Å². The summed E-state index contributed by atoms with van der Waals surface area (Å²) in [5.74, 6) is 1.09. The topological polar surface area (TPSA) is 63.2 Å². The summed E-state index contributed by atoms with van der Waals surface area (Å²) in [5.41, 5.74) is 1.50. The molecule has 2 rings (SSSR count). The molecular weight excluding hydrogens is 278 g/mol. The van der Waals surface area contributed by atoms with E-state index in [1.807, 2.05) is 33.8 Å². The van der Waals surface area contributed by atoms with Crippen LogP contribution in [0.25, 0.3) is 0 Å². The van der Waals surface area contributed by atoms with Gasteiger partial charge >= 0.3 is 0 Å². The highest BCUT2D eigenvalue weighted by atomic mass is 16.5. The SMILES string of the molecule is Cc1cnc(OCC(C)(C)C(=O)NC2CNCC2C)c(C)c1. The first-order valence-corrected chi connectivity index (χ1v) is 7.87. The van der Waals surface area contributed by atoms with E-state index in [0.29, 0.717) is 18.4 Å². The van der Waals surface area contributed by atoms with E-state index in [-0.39, 0.29) is 11.9 Å². The number of aromatic nitrogens is 1. The van der Waals surface area contributed by atoms with Crippen molar-refractivity contribution < 1.29 is 9.53 Å². The number of carbonyl (C=O) groups is 1. The Kier molecular flexibility index (Phi) is 5.06. The third kappa shape index (κ3) is 3.97. The summed E-state index contributed by atoms with van der Waals surface area (Å²) in [6.07, 6.45) is 1.78. The summed E-state index contributed by atoms with van der Waals surface area (Å²) < 4.78 is 5.78. The molecule has 1 aliphatic heterocycles. The molecule has 5 heteroatoms. The Morgan fingerprint density at radius 1 is 1.45 bits per heavy atom. The monoisotopic (exact) mass is 305 g/mol. The van der Waals surface area contributed by atoms with Crippen molar-refractivity contribution in [1.82, 2.24) is 15.6 Å². The largest absolute Gasteiger partial charge is 0.476 e. The lowest BCUT2D eigenvalue weighted by Gasteiger charge is -2.27. The number of amides is 1. The Morgan fingerprint density at radius 3 is 2.77 bits per heavy atom. The molecule has 0 spiro atoms. The number of nitrogens with zero attached hydrogens (tertiary/aromatic N) is 1. The fraction of sp³-hybridized carbons (Fsp3) is 0.647. The van der Waals surface area contributed by atoms with Gasteiger partial charge in [0.1, 0.15) is 6.61 Å².